The van der Waals surface area contributed by atoms with Crippen LogP contribution in [0.4, 0.5) is 5.82 Å². The number of rotatable bonds is 5. The van der Waals surface area contributed by atoms with Crippen LogP contribution in [0.25, 0.3) is 0 Å². The lowest BCUT2D eigenvalue weighted by Gasteiger charge is -2.58. The van der Waals surface area contributed by atoms with E-state index in [2.05, 4.69) is 65.2 Å². The third kappa shape index (κ3) is 4.94. The topological polar surface area (TPSA) is 81.6 Å². The van der Waals surface area contributed by atoms with E-state index in [-0.39, 0.29) is 17.4 Å². The first-order valence-corrected chi connectivity index (χ1v) is 13.1. The van der Waals surface area contributed by atoms with Crippen LogP contribution in [0.5, 0.6) is 0 Å². The van der Waals surface area contributed by atoms with Crippen molar-refractivity contribution in [1.82, 2.24) is 19.8 Å². The third-order valence-corrected chi connectivity index (χ3v) is 8.22. The number of nitrogens with zero attached hydrogens (tertiary/aromatic N) is 4. The number of piperidine rings is 2. The molecule has 1 aromatic carbocycles. The molecule has 1 aromatic heterocycles. The Morgan fingerprint density at radius 2 is 1.69 bits per heavy atom. The number of benzene rings is 1. The number of carbonyl (C=O) groups excluding carboxylic acids is 1. The van der Waals surface area contributed by atoms with Gasteiger partial charge in [-0.1, -0.05) is 45.0 Å². The quantitative estimate of drug-likeness (QED) is 0.680. The van der Waals surface area contributed by atoms with Crippen molar-refractivity contribution >= 4 is 11.7 Å². The van der Waals surface area contributed by atoms with Gasteiger partial charge in [0, 0.05) is 43.3 Å². The first kappa shape index (κ1) is 24.2. The molecule has 0 spiro atoms. The van der Waals surface area contributed by atoms with Gasteiger partial charge in [-0.2, -0.15) is 0 Å². The maximum absolute atomic E-state index is 13.3. The molecule has 3 saturated heterocycles. The lowest BCUT2D eigenvalue weighted by atomic mass is 9.76. The number of aliphatic hydroxyl groups excluding tert-OH is 1. The number of aliphatic hydroxyl groups is 1. The van der Waals surface area contributed by atoms with Crippen LogP contribution in [0.3, 0.4) is 0 Å². The summed E-state index contributed by atoms with van der Waals surface area (Å²) >= 11 is 0. The Balaban J connectivity index is 1.18. The molecule has 2 atom stereocenters. The standard InChI is InChI=1S/C28H39N5O2/c1-18-25(30-17-31-26(18)29-16-19-5-7-20(8-6-19)28(2,3)4)27(35)32-11-9-21(10-12-32)33-22-13-23(33)15-24(34)14-22/h5-8,17,21-24,34H,9-16H2,1-4H3,(H,29,30,31). The van der Waals surface area contributed by atoms with Crippen molar-refractivity contribution in [3.8, 4) is 0 Å². The second-order valence-electron chi connectivity index (χ2n) is 11.6. The van der Waals surface area contributed by atoms with Gasteiger partial charge in [-0.15, -0.1) is 0 Å². The van der Waals surface area contributed by atoms with Crippen LogP contribution in [0.2, 0.25) is 0 Å². The summed E-state index contributed by atoms with van der Waals surface area (Å²) in [5.41, 5.74) is 3.92. The zero-order chi connectivity index (χ0) is 24.7. The fourth-order valence-electron chi connectivity index (χ4n) is 6.14. The van der Waals surface area contributed by atoms with Crippen LogP contribution in [-0.2, 0) is 12.0 Å². The van der Waals surface area contributed by atoms with Gasteiger partial charge in [-0.3, -0.25) is 9.69 Å². The molecular weight excluding hydrogens is 438 g/mol. The number of amides is 1. The maximum atomic E-state index is 13.3. The van der Waals surface area contributed by atoms with E-state index < -0.39 is 0 Å². The number of fused-ring (bicyclic) bond motifs is 2. The fraction of sp³-hybridized carbons (Fsp3) is 0.607. The van der Waals surface area contributed by atoms with Crippen molar-refractivity contribution in [1.29, 1.82) is 0 Å². The number of hydrogen-bond acceptors (Lipinski definition) is 6. The number of carbonyl (C=O) groups is 1. The highest BCUT2D eigenvalue weighted by Crippen LogP contribution is 2.41. The van der Waals surface area contributed by atoms with Crippen molar-refractivity contribution in [2.45, 2.75) is 96.0 Å². The molecule has 0 saturated carbocycles. The molecule has 3 aliphatic rings. The van der Waals surface area contributed by atoms with E-state index in [1.807, 2.05) is 11.8 Å². The second-order valence-corrected chi connectivity index (χ2v) is 11.6. The molecule has 0 radical (unpaired) electrons. The first-order valence-electron chi connectivity index (χ1n) is 13.1. The predicted octanol–water partition coefficient (Wildman–Crippen LogP) is 3.90. The average molecular weight is 478 g/mol. The molecule has 2 aromatic rings. The Kier molecular flexibility index (Phi) is 6.57. The summed E-state index contributed by atoms with van der Waals surface area (Å²) in [5.74, 6) is 0.713. The summed E-state index contributed by atoms with van der Waals surface area (Å²) in [7, 11) is 0. The molecular formula is C28H39N5O2. The van der Waals surface area contributed by atoms with Crippen molar-refractivity contribution in [3.05, 3.63) is 53.0 Å². The molecule has 4 heterocycles. The van der Waals surface area contributed by atoms with Gasteiger partial charge >= 0.3 is 0 Å². The van der Waals surface area contributed by atoms with Crippen molar-refractivity contribution < 1.29 is 9.90 Å². The molecule has 5 rings (SSSR count). The van der Waals surface area contributed by atoms with Crippen LogP contribution >= 0.6 is 0 Å². The molecule has 7 heteroatoms. The zero-order valence-electron chi connectivity index (χ0n) is 21.5. The van der Waals surface area contributed by atoms with E-state index in [0.29, 0.717) is 36.2 Å². The van der Waals surface area contributed by atoms with E-state index in [0.717, 1.165) is 44.3 Å². The van der Waals surface area contributed by atoms with E-state index >= 15 is 0 Å². The van der Waals surface area contributed by atoms with Crippen LogP contribution in [0.1, 0.15) is 80.1 Å². The molecule has 3 fully saturated rings. The summed E-state index contributed by atoms with van der Waals surface area (Å²) in [4.78, 5) is 26.7. The summed E-state index contributed by atoms with van der Waals surface area (Å²) in [6.45, 7) is 10.7. The number of aromatic nitrogens is 2. The maximum Gasteiger partial charge on any atom is 0.272 e. The minimum absolute atomic E-state index is 0.000144. The van der Waals surface area contributed by atoms with Crippen molar-refractivity contribution in [2.75, 3.05) is 18.4 Å². The van der Waals surface area contributed by atoms with Gasteiger partial charge in [0.05, 0.1) is 6.10 Å². The largest absolute Gasteiger partial charge is 0.393 e. The highest BCUT2D eigenvalue weighted by Gasteiger charge is 2.48. The van der Waals surface area contributed by atoms with E-state index in [1.54, 1.807) is 0 Å². The van der Waals surface area contributed by atoms with E-state index in [1.165, 1.54) is 23.9 Å². The monoisotopic (exact) mass is 477 g/mol. The van der Waals surface area contributed by atoms with Crippen LogP contribution < -0.4 is 5.32 Å². The third-order valence-electron chi connectivity index (χ3n) is 8.22. The van der Waals surface area contributed by atoms with E-state index in [9.17, 15) is 9.90 Å². The lowest BCUT2D eigenvalue weighted by molar-refractivity contribution is -0.114. The van der Waals surface area contributed by atoms with Gasteiger partial charge in [-0.05, 0) is 55.6 Å². The van der Waals surface area contributed by atoms with Gasteiger partial charge < -0.3 is 15.3 Å². The Morgan fingerprint density at radius 3 is 2.31 bits per heavy atom. The summed E-state index contributed by atoms with van der Waals surface area (Å²) in [6.07, 6.45) is 6.40. The van der Waals surface area contributed by atoms with Gasteiger partial charge in [0.15, 0.2) is 0 Å². The fourth-order valence-corrected chi connectivity index (χ4v) is 6.14. The number of likely N-dealkylation sites (tertiary alicyclic amines) is 1. The Labute approximate surface area is 209 Å². The summed E-state index contributed by atoms with van der Waals surface area (Å²) < 4.78 is 0. The lowest BCUT2D eigenvalue weighted by Crippen LogP contribution is -2.66. The number of anilines is 1. The van der Waals surface area contributed by atoms with Gasteiger partial charge in [0.2, 0.25) is 0 Å². The smallest absolute Gasteiger partial charge is 0.272 e. The van der Waals surface area contributed by atoms with Crippen LogP contribution in [-0.4, -0.2) is 68.1 Å². The van der Waals surface area contributed by atoms with Gasteiger partial charge in [-0.25, -0.2) is 9.97 Å². The number of hydrogen-bond donors (Lipinski definition) is 2. The second kappa shape index (κ2) is 9.51. The molecule has 188 valence electrons. The molecule has 1 amide bonds. The van der Waals surface area contributed by atoms with Gasteiger partial charge in [0.1, 0.15) is 17.8 Å². The molecule has 2 bridgehead atoms. The Morgan fingerprint density at radius 1 is 1.03 bits per heavy atom. The van der Waals surface area contributed by atoms with Crippen LogP contribution in [0, 0.1) is 6.92 Å². The Hall–Kier alpha value is -2.51. The molecule has 2 N–H and O–H groups in total. The SMILES string of the molecule is Cc1c(NCc2ccc(C(C)(C)C)cc2)ncnc1C(=O)N1CCC(N2C3CC(O)CC2C3)CC1. The van der Waals surface area contributed by atoms with Crippen LogP contribution in [0.15, 0.2) is 30.6 Å². The molecule has 0 aliphatic carbocycles. The highest BCUT2D eigenvalue weighted by molar-refractivity contribution is 5.94. The Bertz CT molecular complexity index is 1040. The zero-order valence-corrected chi connectivity index (χ0v) is 21.5. The normalized spacial score (nSPS) is 25.3. The van der Waals surface area contributed by atoms with Crippen molar-refractivity contribution in [2.24, 2.45) is 0 Å². The average Bonchev–Trinajstić information content (AvgIpc) is 2.83. The van der Waals surface area contributed by atoms with Crippen molar-refractivity contribution in [3.63, 3.8) is 0 Å². The minimum atomic E-state index is -0.122. The molecule has 7 nitrogen and oxygen atoms in total. The molecule has 35 heavy (non-hydrogen) atoms. The van der Waals surface area contributed by atoms with E-state index in [4.69, 9.17) is 0 Å². The first-order chi connectivity index (χ1) is 16.7. The minimum Gasteiger partial charge on any atom is -0.393 e. The molecule has 2 unspecified atom stereocenters. The highest BCUT2D eigenvalue weighted by atomic mass is 16.3. The molecule has 3 aliphatic heterocycles. The van der Waals surface area contributed by atoms with Gasteiger partial charge in [0.25, 0.3) is 5.91 Å². The predicted molar refractivity (Wildman–Crippen MR) is 137 cm³/mol. The number of nitrogens with one attached hydrogen (secondary N) is 1. The summed E-state index contributed by atoms with van der Waals surface area (Å²) in [6, 6.07) is 10.3. The summed E-state index contributed by atoms with van der Waals surface area (Å²) in [5, 5.41) is 13.4.